The third-order valence-corrected chi connectivity index (χ3v) is 22.4. The van der Waals surface area contributed by atoms with Gasteiger partial charge in [-0.3, -0.25) is 14.1 Å². The van der Waals surface area contributed by atoms with E-state index >= 15 is 0 Å². The van der Waals surface area contributed by atoms with Gasteiger partial charge in [-0.25, -0.2) is 15.0 Å². The van der Waals surface area contributed by atoms with Crippen LogP contribution in [0.25, 0.3) is 176 Å². The number of para-hydroxylation sites is 4. The van der Waals surface area contributed by atoms with Gasteiger partial charge in [0.05, 0.1) is 56.0 Å². The Balaban J connectivity index is 0.000000133. The van der Waals surface area contributed by atoms with Crippen LogP contribution in [0.4, 0.5) is 0 Å². The molecule has 14 aromatic carbocycles. The van der Waals surface area contributed by atoms with Gasteiger partial charge in [0.25, 0.3) is 0 Å². The minimum Gasteiger partial charge on any atom is -0.309 e. The maximum atomic E-state index is 4.64. The Morgan fingerprint density at radius 1 is 0.265 bits per heavy atom. The summed E-state index contributed by atoms with van der Waals surface area (Å²) in [7, 11) is 0. The van der Waals surface area contributed by atoms with E-state index in [1.165, 1.54) is 165 Å². The lowest BCUT2D eigenvalue weighted by atomic mass is 9.81. The summed E-state index contributed by atoms with van der Waals surface area (Å²) in [6.07, 6.45) is 8.89. The molecule has 8 heteroatoms. The van der Waals surface area contributed by atoms with Gasteiger partial charge in [-0.15, -0.1) is 0 Å². The summed E-state index contributed by atoms with van der Waals surface area (Å²) in [6.45, 7) is 9.52. The molecule has 0 spiro atoms. The molecule has 102 heavy (non-hydrogen) atoms. The topological polar surface area (TPSA) is 71.3 Å². The highest BCUT2D eigenvalue weighted by Crippen LogP contribution is 2.54. The summed E-state index contributed by atoms with van der Waals surface area (Å²) in [5.41, 5.74) is 27.1. The number of hydrogen-bond donors (Lipinski definition) is 0. The number of aromatic nitrogens is 8. The fraction of sp³-hybridized carbons (Fsp3) is 0.0638. The molecule has 6 aromatic heterocycles. The molecule has 20 aromatic rings. The quantitative estimate of drug-likeness (QED) is 0.166. The molecule has 0 amide bonds. The highest BCUT2D eigenvalue weighted by atomic mass is 15.1. The van der Waals surface area contributed by atoms with Crippen molar-refractivity contribution < 1.29 is 0 Å². The second-order valence-corrected chi connectivity index (χ2v) is 28.6. The van der Waals surface area contributed by atoms with Crippen molar-refractivity contribution in [1.29, 1.82) is 0 Å². The molecule has 480 valence electrons. The van der Waals surface area contributed by atoms with Gasteiger partial charge in [0.2, 0.25) is 5.95 Å². The van der Waals surface area contributed by atoms with Crippen LogP contribution in [0.2, 0.25) is 0 Å². The molecule has 0 unspecified atom stereocenters. The van der Waals surface area contributed by atoms with Crippen LogP contribution in [0.3, 0.4) is 0 Å². The van der Waals surface area contributed by atoms with E-state index in [1.807, 2.05) is 12.3 Å². The first-order chi connectivity index (χ1) is 50.1. The zero-order chi connectivity index (χ0) is 67.7. The first-order valence-electron chi connectivity index (χ1n) is 35.1. The highest BCUT2D eigenvalue weighted by molar-refractivity contribution is 6.15. The van der Waals surface area contributed by atoms with Crippen molar-refractivity contribution >= 4 is 109 Å². The number of nitrogens with zero attached hydrogens (tertiary/aromatic N) is 8. The van der Waals surface area contributed by atoms with Gasteiger partial charge >= 0.3 is 0 Å². The molecule has 0 aliphatic heterocycles. The second kappa shape index (κ2) is 21.7. The lowest BCUT2D eigenvalue weighted by Gasteiger charge is -2.25. The number of hydrogen-bond acceptors (Lipinski definition) is 4. The van der Waals surface area contributed by atoms with Crippen LogP contribution in [0, 0.1) is 0 Å². The molecule has 0 atom stereocenters. The average Bonchev–Trinajstić information content (AvgIpc) is 1.56. The van der Waals surface area contributed by atoms with Crippen LogP contribution in [-0.2, 0) is 10.8 Å². The van der Waals surface area contributed by atoms with Crippen LogP contribution in [0.5, 0.6) is 0 Å². The summed E-state index contributed by atoms with van der Waals surface area (Å²) in [6, 6.07) is 105. The zero-order valence-corrected chi connectivity index (χ0v) is 56.6. The van der Waals surface area contributed by atoms with E-state index in [4.69, 9.17) is 0 Å². The van der Waals surface area contributed by atoms with Crippen molar-refractivity contribution in [3.8, 4) is 67.6 Å². The molecule has 0 bridgehead atoms. The molecule has 0 N–H and O–H groups in total. The van der Waals surface area contributed by atoms with Gasteiger partial charge in [0.1, 0.15) is 0 Å². The Bertz CT molecular complexity index is 6940. The molecule has 0 fully saturated rings. The van der Waals surface area contributed by atoms with E-state index in [-0.39, 0.29) is 10.8 Å². The Morgan fingerprint density at radius 3 is 1.22 bits per heavy atom. The molecular formula is C94H64N8. The van der Waals surface area contributed by atoms with Gasteiger partial charge < -0.3 is 9.13 Å². The standard InChI is InChI=1S/2C47H32N4/c1-47(2)39-28-30-12-4-3-11-29(30)25-36(39)35-15-9-18-44(45(35)47)50-40-16-7-5-13-33(40)37-26-31(19-21-42(37)50)32-20-22-43-38(27-32)34-14-6-8-17-41(34)51(43)46-48-23-10-24-49-46;1-47(2)40-26-30-10-4-3-9-29(30)23-37(40)34-18-17-33(27-41(34)47)50-42-13-7-5-11-35(42)38-24-31(15-19-44(38)50)32-16-20-45-39(25-32)36-12-6-8-14-43(36)51(45)46-28-48-21-22-49-46/h2*3-28H,1-2H3. The fourth-order valence-corrected chi connectivity index (χ4v) is 17.7. The van der Waals surface area contributed by atoms with Crippen molar-refractivity contribution in [2.45, 2.75) is 38.5 Å². The van der Waals surface area contributed by atoms with E-state index in [0.717, 1.165) is 27.9 Å². The summed E-state index contributed by atoms with van der Waals surface area (Å²) in [5, 5.41) is 14.9. The summed E-state index contributed by atoms with van der Waals surface area (Å²) in [5.74, 6) is 1.50. The maximum Gasteiger partial charge on any atom is 0.234 e. The van der Waals surface area contributed by atoms with Crippen LogP contribution in [-0.4, -0.2) is 38.2 Å². The van der Waals surface area contributed by atoms with E-state index in [9.17, 15) is 0 Å². The predicted octanol–water partition coefficient (Wildman–Crippen LogP) is 23.6. The van der Waals surface area contributed by atoms with Crippen LogP contribution in [0.15, 0.2) is 316 Å². The van der Waals surface area contributed by atoms with Crippen molar-refractivity contribution in [3.63, 3.8) is 0 Å². The Morgan fingerprint density at radius 2 is 0.686 bits per heavy atom. The molecule has 0 saturated carbocycles. The largest absolute Gasteiger partial charge is 0.309 e. The smallest absolute Gasteiger partial charge is 0.234 e. The third kappa shape index (κ3) is 8.44. The molecule has 0 radical (unpaired) electrons. The molecule has 2 aliphatic carbocycles. The second-order valence-electron chi connectivity index (χ2n) is 28.6. The van der Waals surface area contributed by atoms with Crippen LogP contribution < -0.4 is 0 Å². The first-order valence-corrected chi connectivity index (χ1v) is 35.1. The normalized spacial score (nSPS) is 13.5. The predicted molar refractivity (Wildman–Crippen MR) is 422 cm³/mol. The van der Waals surface area contributed by atoms with Gasteiger partial charge in [0, 0.05) is 84.4 Å². The maximum absolute atomic E-state index is 4.64. The minimum absolute atomic E-state index is 0.106. The average molecular weight is 1310 g/mol. The minimum atomic E-state index is -0.164. The number of fused-ring (bicyclic) bond motifs is 20. The summed E-state index contributed by atoms with van der Waals surface area (Å²) in [4.78, 5) is 18.2. The van der Waals surface area contributed by atoms with E-state index in [1.54, 1.807) is 24.8 Å². The monoisotopic (exact) mass is 1300 g/mol. The van der Waals surface area contributed by atoms with Gasteiger partial charge in [-0.1, -0.05) is 191 Å². The molecule has 8 nitrogen and oxygen atoms in total. The van der Waals surface area contributed by atoms with Gasteiger partial charge in [-0.05, 0) is 210 Å². The third-order valence-electron chi connectivity index (χ3n) is 22.4. The fourth-order valence-electron chi connectivity index (χ4n) is 17.7. The molecule has 6 heterocycles. The molecule has 22 rings (SSSR count). The van der Waals surface area contributed by atoms with Gasteiger partial charge in [-0.2, -0.15) is 0 Å². The van der Waals surface area contributed by atoms with Gasteiger partial charge in [0.15, 0.2) is 5.82 Å². The molecular weight excluding hydrogens is 1240 g/mol. The lowest BCUT2D eigenvalue weighted by molar-refractivity contribution is 0.657. The lowest BCUT2D eigenvalue weighted by Crippen LogP contribution is -2.18. The summed E-state index contributed by atoms with van der Waals surface area (Å²) >= 11 is 0. The molecule has 2 aliphatic rings. The zero-order valence-electron chi connectivity index (χ0n) is 56.6. The Kier molecular flexibility index (Phi) is 12.4. The Labute approximate surface area is 588 Å². The van der Waals surface area contributed by atoms with E-state index in [0.29, 0.717) is 5.95 Å². The molecule has 0 saturated heterocycles. The van der Waals surface area contributed by atoms with Crippen molar-refractivity contribution in [2.75, 3.05) is 0 Å². The van der Waals surface area contributed by atoms with Crippen molar-refractivity contribution in [1.82, 2.24) is 38.2 Å². The SMILES string of the molecule is CC1(C)c2cc(-n3c4ccccc4c4cc(-c5ccc6c(c5)c5ccccc5n6-c5cnccn5)ccc43)ccc2-c2cc3ccccc3cc21.CC1(C)c2cc3ccccc3cc2-c2cccc(-n3c4ccccc4c4cc(-c5ccc6c(c5)c5ccccc5n6-c5ncccn5)ccc43)c21. The van der Waals surface area contributed by atoms with E-state index < -0.39 is 0 Å². The highest BCUT2D eigenvalue weighted by Gasteiger charge is 2.39. The summed E-state index contributed by atoms with van der Waals surface area (Å²) < 4.78 is 9.31. The number of benzene rings is 14. The number of rotatable bonds is 6. The Hall–Kier alpha value is -13.0. The first kappa shape index (κ1) is 58.0. The van der Waals surface area contributed by atoms with Crippen molar-refractivity contribution in [3.05, 3.63) is 338 Å². The van der Waals surface area contributed by atoms with Crippen LogP contribution >= 0.6 is 0 Å². The van der Waals surface area contributed by atoms with Crippen LogP contribution in [0.1, 0.15) is 49.9 Å². The van der Waals surface area contributed by atoms with Crippen molar-refractivity contribution in [2.24, 2.45) is 0 Å². The van der Waals surface area contributed by atoms with E-state index in [2.05, 4.69) is 345 Å².